The van der Waals surface area contributed by atoms with Gasteiger partial charge < -0.3 is 10.1 Å². The van der Waals surface area contributed by atoms with Crippen molar-refractivity contribution in [2.24, 2.45) is 0 Å². The molecule has 1 fully saturated rings. The van der Waals surface area contributed by atoms with Gasteiger partial charge in [0.05, 0.1) is 5.69 Å². The second-order valence-electron chi connectivity index (χ2n) is 4.70. The first-order valence-electron chi connectivity index (χ1n) is 6.08. The van der Waals surface area contributed by atoms with E-state index in [0.29, 0.717) is 12.1 Å². The fraction of sp³-hybridized carbons (Fsp3) is 0.750. The summed E-state index contributed by atoms with van der Waals surface area (Å²) < 4.78 is 5.35. The summed E-state index contributed by atoms with van der Waals surface area (Å²) in [5, 5.41) is 10.9. The molecule has 1 atom stereocenters. The first-order chi connectivity index (χ1) is 7.74. The SMILES string of the molecule is Cc1cc(CC(C)NC2CCOCC2)n[nH]1. The molecule has 1 aromatic heterocycles. The van der Waals surface area contributed by atoms with Gasteiger partial charge in [-0.2, -0.15) is 5.10 Å². The van der Waals surface area contributed by atoms with Crippen molar-refractivity contribution in [2.75, 3.05) is 13.2 Å². The van der Waals surface area contributed by atoms with Crippen molar-refractivity contribution in [1.82, 2.24) is 15.5 Å². The number of aromatic amines is 1. The first-order valence-corrected chi connectivity index (χ1v) is 6.08. The van der Waals surface area contributed by atoms with Crippen LogP contribution in [0.1, 0.15) is 31.2 Å². The molecule has 1 unspecified atom stereocenters. The third kappa shape index (κ3) is 3.32. The smallest absolute Gasteiger partial charge is 0.0640 e. The maximum atomic E-state index is 5.35. The molecule has 0 spiro atoms. The predicted octanol–water partition coefficient (Wildman–Crippen LogP) is 1.42. The number of aromatic nitrogens is 2. The Morgan fingerprint density at radius 1 is 1.56 bits per heavy atom. The van der Waals surface area contributed by atoms with Gasteiger partial charge in [-0.1, -0.05) is 0 Å². The van der Waals surface area contributed by atoms with Gasteiger partial charge in [-0.05, 0) is 32.8 Å². The Bertz CT molecular complexity index is 318. The van der Waals surface area contributed by atoms with Gasteiger partial charge in [-0.3, -0.25) is 5.10 Å². The summed E-state index contributed by atoms with van der Waals surface area (Å²) in [7, 11) is 0. The normalized spacial score (nSPS) is 19.9. The molecule has 0 aromatic carbocycles. The monoisotopic (exact) mass is 223 g/mol. The van der Waals surface area contributed by atoms with E-state index in [1.54, 1.807) is 0 Å². The summed E-state index contributed by atoms with van der Waals surface area (Å²) >= 11 is 0. The van der Waals surface area contributed by atoms with Crippen LogP contribution in [-0.4, -0.2) is 35.5 Å². The maximum absolute atomic E-state index is 5.35. The summed E-state index contributed by atoms with van der Waals surface area (Å²) in [5.74, 6) is 0. The van der Waals surface area contributed by atoms with Crippen molar-refractivity contribution >= 4 is 0 Å². The van der Waals surface area contributed by atoms with Crippen LogP contribution in [0.5, 0.6) is 0 Å². The minimum atomic E-state index is 0.478. The molecule has 90 valence electrons. The average Bonchev–Trinajstić information content (AvgIpc) is 2.65. The number of hydrogen-bond acceptors (Lipinski definition) is 3. The second kappa shape index (κ2) is 5.46. The van der Waals surface area contributed by atoms with Crippen LogP contribution in [0.15, 0.2) is 6.07 Å². The van der Waals surface area contributed by atoms with Crippen molar-refractivity contribution in [3.05, 3.63) is 17.5 Å². The van der Waals surface area contributed by atoms with Crippen molar-refractivity contribution in [3.63, 3.8) is 0 Å². The highest BCUT2D eigenvalue weighted by atomic mass is 16.5. The molecule has 2 heterocycles. The molecule has 4 nitrogen and oxygen atoms in total. The van der Waals surface area contributed by atoms with Gasteiger partial charge in [0.2, 0.25) is 0 Å². The van der Waals surface area contributed by atoms with E-state index in [2.05, 4.69) is 28.5 Å². The molecule has 0 aliphatic carbocycles. The van der Waals surface area contributed by atoms with Crippen LogP contribution in [0.25, 0.3) is 0 Å². The number of ether oxygens (including phenoxy) is 1. The molecule has 1 aliphatic rings. The minimum absolute atomic E-state index is 0.478. The van der Waals surface area contributed by atoms with Crippen molar-refractivity contribution in [1.29, 1.82) is 0 Å². The molecule has 2 N–H and O–H groups in total. The van der Waals surface area contributed by atoms with Crippen molar-refractivity contribution in [2.45, 2.75) is 45.2 Å². The molecule has 4 heteroatoms. The summed E-state index contributed by atoms with van der Waals surface area (Å²) in [6, 6.07) is 3.21. The number of nitrogens with one attached hydrogen (secondary N) is 2. The Labute approximate surface area is 96.8 Å². The van der Waals surface area contributed by atoms with E-state index in [1.807, 2.05) is 6.92 Å². The Morgan fingerprint density at radius 2 is 2.31 bits per heavy atom. The van der Waals surface area contributed by atoms with Crippen molar-refractivity contribution < 1.29 is 4.74 Å². The standard InChI is InChI=1S/C12H21N3O/c1-9(7-12-8-10(2)14-15-12)13-11-3-5-16-6-4-11/h8-9,11,13H,3-7H2,1-2H3,(H,14,15). The molecule has 0 radical (unpaired) electrons. The van der Waals surface area contributed by atoms with E-state index < -0.39 is 0 Å². The highest BCUT2D eigenvalue weighted by Crippen LogP contribution is 2.09. The molecule has 16 heavy (non-hydrogen) atoms. The van der Waals surface area contributed by atoms with Crippen LogP contribution in [0.2, 0.25) is 0 Å². The van der Waals surface area contributed by atoms with Gasteiger partial charge in [-0.15, -0.1) is 0 Å². The van der Waals surface area contributed by atoms with Crippen molar-refractivity contribution in [3.8, 4) is 0 Å². The fourth-order valence-corrected chi connectivity index (χ4v) is 2.22. The van der Waals surface area contributed by atoms with Crippen LogP contribution in [-0.2, 0) is 11.2 Å². The molecule has 0 saturated carbocycles. The highest BCUT2D eigenvalue weighted by Gasteiger charge is 2.16. The summed E-state index contributed by atoms with van der Waals surface area (Å²) in [6.07, 6.45) is 3.25. The second-order valence-corrected chi connectivity index (χ2v) is 4.70. The summed E-state index contributed by atoms with van der Waals surface area (Å²) in [5.41, 5.74) is 2.28. The van der Waals surface area contributed by atoms with Crippen LogP contribution in [0.4, 0.5) is 0 Å². The first kappa shape index (κ1) is 11.6. The lowest BCUT2D eigenvalue weighted by molar-refractivity contribution is 0.0754. The zero-order chi connectivity index (χ0) is 11.4. The van der Waals surface area contributed by atoms with Crippen LogP contribution in [0.3, 0.4) is 0 Å². The van der Waals surface area contributed by atoms with E-state index in [1.165, 1.54) is 0 Å². The summed E-state index contributed by atoms with van der Waals surface area (Å²) in [6.45, 7) is 6.05. The Hall–Kier alpha value is -0.870. The van der Waals surface area contributed by atoms with Gasteiger partial charge in [0.1, 0.15) is 0 Å². The van der Waals surface area contributed by atoms with Gasteiger partial charge in [0, 0.05) is 37.4 Å². The van der Waals surface area contributed by atoms with E-state index >= 15 is 0 Å². The van der Waals surface area contributed by atoms with E-state index in [9.17, 15) is 0 Å². The van der Waals surface area contributed by atoms with Gasteiger partial charge >= 0.3 is 0 Å². The van der Waals surface area contributed by atoms with Crippen LogP contribution >= 0.6 is 0 Å². The van der Waals surface area contributed by atoms with E-state index in [4.69, 9.17) is 4.74 Å². The third-order valence-corrected chi connectivity index (χ3v) is 3.02. The molecule has 1 saturated heterocycles. The van der Waals surface area contributed by atoms with Gasteiger partial charge in [-0.25, -0.2) is 0 Å². The lowest BCUT2D eigenvalue weighted by atomic mass is 10.1. The number of aryl methyl sites for hydroxylation is 1. The number of H-pyrrole nitrogens is 1. The molecular weight excluding hydrogens is 202 g/mol. The molecule has 0 bridgehead atoms. The number of hydrogen-bond donors (Lipinski definition) is 2. The zero-order valence-corrected chi connectivity index (χ0v) is 10.1. The summed E-state index contributed by atoms with van der Waals surface area (Å²) in [4.78, 5) is 0. The van der Waals surface area contributed by atoms with Crippen LogP contribution < -0.4 is 5.32 Å². The fourth-order valence-electron chi connectivity index (χ4n) is 2.22. The highest BCUT2D eigenvalue weighted by molar-refractivity contribution is 5.07. The van der Waals surface area contributed by atoms with Gasteiger partial charge in [0.15, 0.2) is 0 Å². The molecule has 2 rings (SSSR count). The molecular formula is C12H21N3O. The topological polar surface area (TPSA) is 49.9 Å². The quantitative estimate of drug-likeness (QED) is 0.811. The molecule has 1 aromatic rings. The molecule has 1 aliphatic heterocycles. The lowest BCUT2D eigenvalue weighted by Crippen LogP contribution is -2.41. The molecule has 0 amide bonds. The Morgan fingerprint density at radius 3 is 2.94 bits per heavy atom. The van der Waals surface area contributed by atoms with Gasteiger partial charge in [0.25, 0.3) is 0 Å². The largest absolute Gasteiger partial charge is 0.381 e. The number of nitrogens with zero attached hydrogens (tertiary/aromatic N) is 1. The maximum Gasteiger partial charge on any atom is 0.0640 e. The predicted molar refractivity (Wildman–Crippen MR) is 63.5 cm³/mol. The number of rotatable bonds is 4. The van der Waals surface area contributed by atoms with E-state index in [-0.39, 0.29) is 0 Å². The zero-order valence-electron chi connectivity index (χ0n) is 10.1. The Kier molecular flexibility index (Phi) is 3.96. The van der Waals surface area contributed by atoms with E-state index in [0.717, 1.165) is 43.9 Å². The third-order valence-electron chi connectivity index (χ3n) is 3.02. The lowest BCUT2D eigenvalue weighted by Gasteiger charge is -2.26. The minimum Gasteiger partial charge on any atom is -0.381 e. The van der Waals surface area contributed by atoms with Crippen LogP contribution in [0, 0.1) is 6.92 Å². The Balaban J connectivity index is 1.77. The average molecular weight is 223 g/mol.